The van der Waals surface area contributed by atoms with E-state index in [-0.39, 0.29) is 11.1 Å². The van der Waals surface area contributed by atoms with Gasteiger partial charge in [-0.05, 0) is 18.1 Å². The van der Waals surface area contributed by atoms with Gasteiger partial charge in [0.05, 0.1) is 19.8 Å². The highest BCUT2D eigenvalue weighted by Gasteiger charge is 2.18. The van der Waals surface area contributed by atoms with E-state index in [2.05, 4.69) is 4.74 Å². The highest BCUT2D eigenvalue weighted by Crippen LogP contribution is 2.27. The Morgan fingerprint density at radius 3 is 2.56 bits per heavy atom. The zero-order chi connectivity index (χ0) is 12.1. The maximum absolute atomic E-state index is 11.4. The van der Waals surface area contributed by atoms with Gasteiger partial charge in [-0.1, -0.05) is 13.0 Å². The molecule has 0 unspecified atom stereocenters. The number of aryl methyl sites for hydroxylation is 1. The first-order chi connectivity index (χ1) is 7.69. The standard InChI is InChI=1S/C12H13NO3/c1-4-8-5-6-9(12(14)16-3)10(7-13)11(8)15-2/h5-6H,4H2,1-3H3. The van der Waals surface area contributed by atoms with Crippen LogP contribution in [0, 0.1) is 11.3 Å². The molecule has 16 heavy (non-hydrogen) atoms. The van der Waals surface area contributed by atoms with E-state index in [0.29, 0.717) is 5.75 Å². The van der Waals surface area contributed by atoms with Crippen LogP contribution in [0.25, 0.3) is 0 Å². The quantitative estimate of drug-likeness (QED) is 0.728. The average Bonchev–Trinajstić information content (AvgIpc) is 2.35. The number of rotatable bonds is 3. The summed E-state index contributed by atoms with van der Waals surface area (Å²) in [6, 6.07) is 5.34. The zero-order valence-electron chi connectivity index (χ0n) is 9.53. The molecule has 84 valence electrons. The van der Waals surface area contributed by atoms with E-state index >= 15 is 0 Å². The van der Waals surface area contributed by atoms with E-state index in [1.807, 2.05) is 13.0 Å². The molecule has 0 atom stereocenters. The lowest BCUT2D eigenvalue weighted by atomic mass is 10.0. The molecule has 0 saturated carbocycles. The van der Waals surface area contributed by atoms with Gasteiger partial charge in [-0.15, -0.1) is 0 Å². The Morgan fingerprint density at radius 2 is 2.12 bits per heavy atom. The minimum absolute atomic E-state index is 0.230. The van der Waals surface area contributed by atoms with Crippen molar-refractivity contribution in [3.63, 3.8) is 0 Å². The Balaban J connectivity index is 3.45. The lowest BCUT2D eigenvalue weighted by Gasteiger charge is -2.11. The fourth-order valence-corrected chi connectivity index (χ4v) is 1.53. The number of benzene rings is 1. The molecule has 0 aliphatic rings. The molecular weight excluding hydrogens is 206 g/mol. The minimum Gasteiger partial charge on any atom is -0.495 e. The summed E-state index contributed by atoms with van der Waals surface area (Å²) in [6.45, 7) is 1.96. The van der Waals surface area contributed by atoms with Gasteiger partial charge in [0.25, 0.3) is 0 Å². The molecular formula is C12H13NO3. The molecule has 0 aromatic heterocycles. The molecule has 0 N–H and O–H groups in total. The molecule has 0 heterocycles. The van der Waals surface area contributed by atoms with E-state index in [9.17, 15) is 4.79 Å². The van der Waals surface area contributed by atoms with Crippen LogP contribution in [0.15, 0.2) is 12.1 Å². The third kappa shape index (κ3) is 1.98. The monoisotopic (exact) mass is 219 g/mol. The fourth-order valence-electron chi connectivity index (χ4n) is 1.53. The predicted octanol–water partition coefficient (Wildman–Crippen LogP) is 1.92. The third-order valence-corrected chi connectivity index (χ3v) is 2.34. The topological polar surface area (TPSA) is 59.3 Å². The van der Waals surface area contributed by atoms with Gasteiger partial charge in [0, 0.05) is 0 Å². The summed E-state index contributed by atoms with van der Waals surface area (Å²) in [7, 11) is 2.76. The number of methoxy groups -OCH3 is 2. The summed E-state index contributed by atoms with van der Waals surface area (Å²) in [6.07, 6.45) is 0.735. The highest BCUT2D eigenvalue weighted by atomic mass is 16.5. The van der Waals surface area contributed by atoms with Crippen LogP contribution in [0.3, 0.4) is 0 Å². The van der Waals surface area contributed by atoms with E-state index in [4.69, 9.17) is 10.00 Å². The van der Waals surface area contributed by atoms with Gasteiger partial charge in [-0.25, -0.2) is 4.79 Å². The minimum atomic E-state index is -0.530. The molecule has 0 bridgehead atoms. The highest BCUT2D eigenvalue weighted by molar-refractivity contribution is 5.93. The Bertz CT molecular complexity index is 446. The SMILES string of the molecule is CCc1ccc(C(=O)OC)c(C#N)c1OC. The largest absolute Gasteiger partial charge is 0.495 e. The number of carbonyl (C=O) groups excluding carboxylic acids is 1. The molecule has 1 aromatic carbocycles. The predicted molar refractivity (Wildman–Crippen MR) is 58.4 cm³/mol. The van der Waals surface area contributed by atoms with Crippen molar-refractivity contribution in [2.45, 2.75) is 13.3 Å². The van der Waals surface area contributed by atoms with Crippen LogP contribution < -0.4 is 4.74 Å². The van der Waals surface area contributed by atoms with Crippen LogP contribution in [-0.2, 0) is 11.2 Å². The Morgan fingerprint density at radius 1 is 1.44 bits per heavy atom. The molecule has 0 amide bonds. The number of hydrogen-bond donors (Lipinski definition) is 0. The van der Waals surface area contributed by atoms with Gasteiger partial charge in [-0.3, -0.25) is 0 Å². The summed E-state index contributed by atoms with van der Waals surface area (Å²) in [5.74, 6) is -0.0783. The Hall–Kier alpha value is -2.02. The molecule has 0 saturated heterocycles. The summed E-state index contributed by atoms with van der Waals surface area (Å²) in [4.78, 5) is 11.4. The van der Waals surface area contributed by atoms with Crippen molar-refractivity contribution in [2.24, 2.45) is 0 Å². The maximum Gasteiger partial charge on any atom is 0.339 e. The van der Waals surface area contributed by atoms with Gasteiger partial charge in [0.15, 0.2) is 0 Å². The van der Waals surface area contributed by atoms with Crippen molar-refractivity contribution in [1.29, 1.82) is 5.26 Å². The maximum atomic E-state index is 11.4. The first-order valence-electron chi connectivity index (χ1n) is 4.87. The van der Waals surface area contributed by atoms with Crippen molar-refractivity contribution in [1.82, 2.24) is 0 Å². The summed E-state index contributed by atoms with van der Waals surface area (Å²) in [5, 5.41) is 9.06. The smallest absolute Gasteiger partial charge is 0.339 e. The molecule has 0 spiro atoms. The first kappa shape index (κ1) is 12.1. The average molecular weight is 219 g/mol. The van der Waals surface area contributed by atoms with Crippen molar-refractivity contribution < 1.29 is 14.3 Å². The third-order valence-electron chi connectivity index (χ3n) is 2.34. The molecule has 1 rings (SSSR count). The summed E-state index contributed by atoms with van der Waals surface area (Å²) in [5.41, 5.74) is 1.36. The zero-order valence-corrected chi connectivity index (χ0v) is 9.53. The van der Waals surface area contributed by atoms with E-state index in [1.165, 1.54) is 14.2 Å². The summed E-state index contributed by atoms with van der Waals surface area (Å²) >= 11 is 0. The Labute approximate surface area is 94.4 Å². The normalized spacial score (nSPS) is 9.38. The van der Waals surface area contributed by atoms with Gasteiger partial charge in [-0.2, -0.15) is 5.26 Å². The summed E-state index contributed by atoms with van der Waals surface area (Å²) < 4.78 is 9.77. The van der Waals surface area contributed by atoms with E-state index in [0.717, 1.165) is 12.0 Å². The van der Waals surface area contributed by atoms with Crippen LogP contribution in [0.2, 0.25) is 0 Å². The van der Waals surface area contributed by atoms with Crippen LogP contribution in [0.1, 0.15) is 28.4 Å². The number of nitriles is 1. The van der Waals surface area contributed by atoms with Crippen LogP contribution in [-0.4, -0.2) is 20.2 Å². The molecule has 4 nitrogen and oxygen atoms in total. The number of hydrogen-bond acceptors (Lipinski definition) is 4. The molecule has 0 radical (unpaired) electrons. The number of carbonyl (C=O) groups is 1. The lowest BCUT2D eigenvalue weighted by molar-refractivity contribution is 0.0600. The second kappa shape index (κ2) is 5.17. The fraction of sp³-hybridized carbons (Fsp3) is 0.333. The lowest BCUT2D eigenvalue weighted by Crippen LogP contribution is -2.07. The second-order valence-corrected chi connectivity index (χ2v) is 3.14. The van der Waals surface area contributed by atoms with Gasteiger partial charge in [0.1, 0.15) is 17.4 Å². The van der Waals surface area contributed by atoms with Crippen molar-refractivity contribution in [3.05, 3.63) is 28.8 Å². The van der Waals surface area contributed by atoms with Gasteiger partial charge >= 0.3 is 5.97 Å². The number of esters is 1. The van der Waals surface area contributed by atoms with Crippen LogP contribution in [0.4, 0.5) is 0 Å². The molecule has 0 fully saturated rings. The van der Waals surface area contributed by atoms with E-state index in [1.54, 1.807) is 12.1 Å². The van der Waals surface area contributed by atoms with Crippen LogP contribution in [0.5, 0.6) is 5.75 Å². The molecule has 4 heteroatoms. The van der Waals surface area contributed by atoms with Crippen molar-refractivity contribution in [3.8, 4) is 11.8 Å². The Kier molecular flexibility index (Phi) is 3.90. The van der Waals surface area contributed by atoms with E-state index < -0.39 is 5.97 Å². The molecule has 1 aromatic rings. The molecule has 0 aliphatic carbocycles. The second-order valence-electron chi connectivity index (χ2n) is 3.14. The van der Waals surface area contributed by atoms with Gasteiger partial charge in [0.2, 0.25) is 0 Å². The first-order valence-corrected chi connectivity index (χ1v) is 4.87. The number of ether oxygens (including phenoxy) is 2. The van der Waals surface area contributed by atoms with Crippen molar-refractivity contribution >= 4 is 5.97 Å². The van der Waals surface area contributed by atoms with Crippen LogP contribution >= 0.6 is 0 Å². The van der Waals surface area contributed by atoms with Crippen molar-refractivity contribution in [2.75, 3.05) is 14.2 Å². The number of nitrogens with zero attached hydrogens (tertiary/aromatic N) is 1. The van der Waals surface area contributed by atoms with Gasteiger partial charge < -0.3 is 9.47 Å². The molecule has 0 aliphatic heterocycles.